The molecule has 2 N–H and O–H groups in total. The maximum Gasteiger partial charge on any atom is 0.408 e. The maximum absolute atomic E-state index is 12.1. The number of esters is 1. The molecule has 0 aliphatic carbocycles. The summed E-state index contributed by atoms with van der Waals surface area (Å²) in [4.78, 5) is 35.3. The fourth-order valence-corrected chi connectivity index (χ4v) is 3.04. The van der Waals surface area contributed by atoms with Crippen molar-refractivity contribution in [3.05, 3.63) is 35.9 Å². The van der Waals surface area contributed by atoms with Crippen molar-refractivity contribution in [2.24, 2.45) is 0 Å². The zero-order valence-electron chi connectivity index (χ0n) is 12.6. The SMILES string of the molecule is COC(=O)[C@H]1CSC[C@@H](NC(=O)OCc2ccccc2)C(=O)N1. The van der Waals surface area contributed by atoms with Gasteiger partial charge in [-0.15, -0.1) is 0 Å². The van der Waals surface area contributed by atoms with Crippen LogP contribution in [0.1, 0.15) is 5.56 Å². The van der Waals surface area contributed by atoms with Crippen LogP contribution in [-0.4, -0.2) is 48.7 Å². The van der Waals surface area contributed by atoms with Crippen molar-refractivity contribution in [3.63, 3.8) is 0 Å². The minimum atomic E-state index is -0.752. The molecule has 8 heteroatoms. The van der Waals surface area contributed by atoms with E-state index in [4.69, 9.17) is 4.74 Å². The van der Waals surface area contributed by atoms with Crippen LogP contribution >= 0.6 is 11.8 Å². The Morgan fingerprint density at radius 2 is 2.04 bits per heavy atom. The molecule has 1 aromatic rings. The molecule has 0 unspecified atom stereocenters. The molecule has 124 valence electrons. The van der Waals surface area contributed by atoms with Crippen molar-refractivity contribution in [1.82, 2.24) is 10.6 Å². The van der Waals surface area contributed by atoms with Crippen LogP contribution in [0.15, 0.2) is 30.3 Å². The highest BCUT2D eigenvalue weighted by Crippen LogP contribution is 2.12. The molecular weight excluding hydrogens is 320 g/mol. The molecule has 2 rings (SSSR count). The molecule has 1 saturated heterocycles. The van der Waals surface area contributed by atoms with Gasteiger partial charge in [0.15, 0.2) is 0 Å². The van der Waals surface area contributed by atoms with E-state index >= 15 is 0 Å². The van der Waals surface area contributed by atoms with Gasteiger partial charge in [-0.3, -0.25) is 4.79 Å². The second-order valence-electron chi connectivity index (χ2n) is 4.88. The van der Waals surface area contributed by atoms with Crippen LogP contribution in [0, 0.1) is 0 Å². The van der Waals surface area contributed by atoms with Gasteiger partial charge >= 0.3 is 12.1 Å². The van der Waals surface area contributed by atoms with E-state index < -0.39 is 30.1 Å². The lowest BCUT2D eigenvalue weighted by atomic mass is 10.2. The van der Waals surface area contributed by atoms with Gasteiger partial charge in [0.2, 0.25) is 5.91 Å². The molecule has 1 aliphatic heterocycles. The summed E-state index contributed by atoms with van der Waals surface area (Å²) in [5.74, 6) is -0.171. The van der Waals surface area contributed by atoms with Gasteiger partial charge in [0, 0.05) is 11.5 Å². The third kappa shape index (κ3) is 5.17. The highest BCUT2D eigenvalue weighted by atomic mass is 32.2. The number of amides is 2. The normalized spacial score (nSPS) is 20.8. The first-order valence-electron chi connectivity index (χ1n) is 7.03. The fourth-order valence-electron chi connectivity index (χ4n) is 1.98. The molecular formula is C15H18N2O5S. The predicted molar refractivity (Wildman–Crippen MR) is 84.8 cm³/mol. The Labute approximate surface area is 138 Å². The molecule has 0 saturated carbocycles. The minimum Gasteiger partial charge on any atom is -0.467 e. The summed E-state index contributed by atoms with van der Waals surface area (Å²) in [5.41, 5.74) is 0.855. The first-order chi connectivity index (χ1) is 11.1. The molecule has 1 heterocycles. The Morgan fingerprint density at radius 1 is 1.30 bits per heavy atom. The summed E-state index contributed by atoms with van der Waals surface area (Å²) in [6.07, 6.45) is -0.675. The Kier molecular flexibility index (Phi) is 6.28. The van der Waals surface area contributed by atoms with Crippen LogP contribution in [0.2, 0.25) is 0 Å². The number of carbonyl (C=O) groups excluding carboxylic acids is 3. The summed E-state index contributed by atoms with van der Waals surface area (Å²) in [6.45, 7) is 0.124. The van der Waals surface area contributed by atoms with Crippen LogP contribution in [0.3, 0.4) is 0 Å². The van der Waals surface area contributed by atoms with E-state index in [0.717, 1.165) is 5.56 Å². The van der Waals surface area contributed by atoms with Crippen LogP contribution in [-0.2, 0) is 25.7 Å². The highest BCUT2D eigenvalue weighted by Gasteiger charge is 2.31. The summed E-state index contributed by atoms with van der Waals surface area (Å²) in [5, 5.41) is 5.06. The first kappa shape index (κ1) is 17.1. The molecule has 23 heavy (non-hydrogen) atoms. The van der Waals surface area contributed by atoms with Crippen LogP contribution in [0.25, 0.3) is 0 Å². The minimum absolute atomic E-state index is 0.124. The molecule has 7 nitrogen and oxygen atoms in total. The molecule has 0 radical (unpaired) electrons. The topological polar surface area (TPSA) is 93.7 Å². The van der Waals surface area contributed by atoms with Gasteiger partial charge in [-0.25, -0.2) is 9.59 Å². The number of ether oxygens (including phenoxy) is 2. The lowest BCUT2D eigenvalue weighted by Gasteiger charge is -2.16. The fraction of sp³-hybridized carbons (Fsp3) is 0.400. The van der Waals surface area contributed by atoms with E-state index in [9.17, 15) is 14.4 Å². The largest absolute Gasteiger partial charge is 0.467 e. The lowest BCUT2D eigenvalue weighted by Crippen LogP contribution is -2.51. The number of hydrogen-bond acceptors (Lipinski definition) is 6. The van der Waals surface area contributed by atoms with Gasteiger partial charge in [-0.05, 0) is 5.56 Å². The van der Waals surface area contributed by atoms with Crippen molar-refractivity contribution in [3.8, 4) is 0 Å². The second kappa shape index (κ2) is 8.42. The van der Waals surface area contributed by atoms with Crippen molar-refractivity contribution in [2.75, 3.05) is 18.6 Å². The number of methoxy groups -OCH3 is 1. The number of hydrogen-bond donors (Lipinski definition) is 2. The van der Waals surface area contributed by atoms with E-state index in [1.54, 1.807) is 0 Å². The van der Waals surface area contributed by atoms with E-state index in [1.807, 2.05) is 30.3 Å². The molecule has 1 fully saturated rings. The molecule has 2 amide bonds. The van der Waals surface area contributed by atoms with Crippen LogP contribution < -0.4 is 10.6 Å². The average molecular weight is 338 g/mol. The van der Waals surface area contributed by atoms with Gasteiger partial charge in [0.25, 0.3) is 0 Å². The number of nitrogens with one attached hydrogen (secondary N) is 2. The molecule has 1 aliphatic rings. The monoisotopic (exact) mass is 338 g/mol. The summed E-state index contributed by atoms with van der Waals surface area (Å²) < 4.78 is 9.70. The van der Waals surface area contributed by atoms with Crippen molar-refractivity contribution < 1.29 is 23.9 Å². The second-order valence-corrected chi connectivity index (χ2v) is 5.96. The van der Waals surface area contributed by atoms with E-state index in [2.05, 4.69) is 15.4 Å². The third-order valence-corrected chi connectivity index (χ3v) is 4.33. The first-order valence-corrected chi connectivity index (χ1v) is 8.19. The van der Waals surface area contributed by atoms with E-state index in [1.165, 1.54) is 18.9 Å². The standard InChI is InChI=1S/C15H18N2O5S/c1-21-14(19)12-9-23-8-11(13(18)16-12)17-15(20)22-7-10-5-3-2-4-6-10/h2-6,11-12H,7-9H2,1H3,(H,16,18)(H,17,20)/t11-,12-/m1/s1. The Morgan fingerprint density at radius 3 is 2.74 bits per heavy atom. The predicted octanol–water partition coefficient (Wildman–Crippen LogP) is 0.686. The highest BCUT2D eigenvalue weighted by molar-refractivity contribution is 7.99. The number of benzene rings is 1. The average Bonchev–Trinajstić information content (AvgIpc) is 2.75. The van der Waals surface area contributed by atoms with Crippen molar-refractivity contribution in [2.45, 2.75) is 18.7 Å². The molecule has 2 atom stereocenters. The van der Waals surface area contributed by atoms with Gasteiger partial charge in [-0.1, -0.05) is 30.3 Å². The Hall–Kier alpha value is -2.22. The van der Waals surface area contributed by atoms with E-state index in [-0.39, 0.29) is 6.61 Å². The number of thioether (sulfide) groups is 1. The number of rotatable bonds is 4. The smallest absolute Gasteiger partial charge is 0.408 e. The zero-order valence-corrected chi connectivity index (χ0v) is 13.4. The molecule has 0 bridgehead atoms. The third-order valence-electron chi connectivity index (χ3n) is 3.19. The number of alkyl carbamates (subject to hydrolysis) is 1. The lowest BCUT2D eigenvalue weighted by molar-refractivity contribution is -0.144. The van der Waals surface area contributed by atoms with Gasteiger partial charge in [0.1, 0.15) is 18.7 Å². The molecule has 1 aromatic carbocycles. The van der Waals surface area contributed by atoms with Crippen LogP contribution in [0.4, 0.5) is 4.79 Å². The Bertz CT molecular complexity index is 566. The summed E-state index contributed by atoms with van der Waals surface area (Å²) in [7, 11) is 1.26. The van der Waals surface area contributed by atoms with Gasteiger partial charge in [0.05, 0.1) is 7.11 Å². The van der Waals surface area contributed by atoms with Gasteiger partial charge in [-0.2, -0.15) is 11.8 Å². The maximum atomic E-state index is 12.1. The van der Waals surface area contributed by atoms with Gasteiger partial charge < -0.3 is 20.1 Å². The van der Waals surface area contributed by atoms with E-state index in [0.29, 0.717) is 11.5 Å². The van der Waals surface area contributed by atoms with Crippen molar-refractivity contribution in [1.29, 1.82) is 0 Å². The summed E-state index contributed by atoms with van der Waals surface area (Å²) >= 11 is 1.38. The molecule has 0 spiro atoms. The Balaban J connectivity index is 1.83. The zero-order chi connectivity index (χ0) is 16.7. The summed E-state index contributed by atoms with van der Waals surface area (Å²) in [6, 6.07) is 7.78. The van der Waals surface area contributed by atoms with Crippen LogP contribution in [0.5, 0.6) is 0 Å². The van der Waals surface area contributed by atoms with Crippen molar-refractivity contribution >= 4 is 29.7 Å². The number of carbonyl (C=O) groups is 3. The molecule has 0 aromatic heterocycles. The quantitative estimate of drug-likeness (QED) is 0.785.